The Kier molecular flexibility index (Phi) is 3.41. The molecule has 1 aromatic heterocycles. The van der Waals surface area contributed by atoms with Gasteiger partial charge in [0.1, 0.15) is 5.75 Å². The first-order chi connectivity index (χ1) is 9.17. The number of methoxy groups -OCH3 is 1. The molecule has 0 bridgehead atoms. The molecule has 6 heteroatoms. The van der Waals surface area contributed by atoms with E-state index in [9.17, 15) is 0 Å². The normalized spacial score (nSPS) is 13.7. The molecule has 1 aliphatic carbocycles. The summed E-state index contributed by atoms with van der Waals surface area (Å²) < 4.78 is 7.32. The summed E-state index contributed by atoms with van der Waals surface area (Å²) >= 11 is 7.09. The zero-order chi connectivity index (χ0) is 13.6. The molecule has 0 atom stereocenters. The van der Waals surface area contributed by atoms with Crippen LogP contribution in [0.1, 0.15) is 17.7 Å². The fraction of sp³-hybridized carbons (Fsp3) is 0.308. The predicted octanol–water partition coefficient (Wildman–Crippen LogP) is 3.54. The number of nitrogen functional groups attached to an aromatic ring is 1. The van der Waals surface area contributed by atoms with Crippen molar-refractivity contribution in [3.05, 3.63) is 26.3 Å². The van der Waals surface area contributed by atoms with E-state index in [0.29, 0.717) is 0 Å². The molecule has 0 amide bonds. The number of fused-ring (bicyclic) bond motifs is 2. The molecular weight excluding hydrogens is 374 g/mol. The number of ether oxygens (including phenoxy) is 1. The third-order valence-electron chi connectivity index (χ3n) is 3.50. The van der Waals surface area contributed by atoms with Gasteiger partial charge in [-0.2, -0.15) is 0 Å². The van der Waals surface area contributed by atoms with Gasteiger partial charge in [-0.3, -0.25) is 10.8 Å². The smallest absolute Gasteiger partial charge is 0.144 e. The van der Waals surface area contributed by atoms with Crippen LogP contribution < -0.4 is 16.0 Å². The van der Waals surface area contributed by atoms with Crippen LogP contribution in [0.25, 0.3) is 10.9 Å². The summed E-state index contributed by atoms with van der Waals surface area (Å²) in [5.74, 6) is 6.51. The molecule has 3 N–H and O–H groups in total. The lowest BCUT2D eigenvalue weighted by Crippen LogP contribution is -2.11. The van der Waals surface area contributed by atoms with E-state index in [1.54, 1.807) is 7.11 Å². The number of hydrogen-bond donors (Lipinski definition) is 2. The number of hydrogen-bond acceptors (Lipinski definition) is 4. The maximum Gasteiger partial charge on any atom is 0.144 e. The van der Waals surface area contributed by atoms with Crippen LogP contribution in [0.3, 0.4) is 0 Å². The van der Waals surface area contributed by atoms with Gasteiger partial charge in [-0.15, -0.1) is 0 Å². The predicted molar refractivity (Wildman–Crippen MR) is 83.5 cm³/mol. The average molecular weight is 387 g/mol. The molecule has 0 radical (unpaired) electrons. The molecule has 4 nitrogen and oxygen atoms in total. The Morgan fingerprint density at radius 3 is 2.79 bits per heavy atom. The van der Waals surface area contributed by atoms with Gasteiger partial charge >= 0.3 is 0 Å². The van der Waals surface area contributed by atoms with Crippen LogP contribution in [0.5, 0.6) is 5.75 Å². The number of nitrogens with zero attached hydrogens (tertiary/aromatic N) is 1. The van der Waals surface area contributed by atoms with E-state index in [4.69, 9.17) is 15.6 Å². The quantitative estimate of drug-likeness (QED) is 0.612. The van der Waals surface area contributed by atoms with Gasteiger partial charge in [0.15, 0.2) is 0 Å². The largest absolute Gasteiger partial charge is 0.495 e. The molecule has 0 spiro atoms. The number of nitrogens with two attached hydrogens (primary N) is 1. The van der Waals surface area contributed by atoms with Gasteiger partial charge in [0, 0.05) is 10.2 Å². The Morgan fingerprint density at radius 2 is 2.11 bits per heavy atom. The highest BCUT2D eigenvalue weighted by Crippen LogP contribution is 2.44. The number of hydrazine groups is 1. The molecule has 1 aromatic carbocycles. The van der Waals surface area contributed by atoms with Crippen molar-refractivity contribution in [3.63, 3.8) is 0 Å². The fourth-order valence-electron chi connectivity index (χ4n) is 2.70. The summed E-state index contributed by atoms with van der Waals surface area (Å²) in [5.41, 5.74) is 6.98. The van der Waals surface area contributed by atoms with Crippen molar-refractivity contribution < 1.29 is 4.74 Å². The number of nitrogens with one attached hydrogen (secondary N) is 1. The topological polar surface area (TPSA) is 60.2 Å². The number of anilines is 1. The molecular formula is C13H13Br2N3O. The highest BCUT2D eigenvalue weighted by atomic mass is 79.9. The number of aromatic nitrogens is 1. The Morgan fingerprint density at radius 1 is 1.32 bits per heavy atom. The zero-order valence-electron chi connectivity index (χ0n) is 10.4. The van der Waals surface area contributed by atoms with Crippen molar-refractivity contribution >= 4 is 48.5 Å². The first-order valence-corrected chi connectivity index (χ1v) is 7.60. The number of halogens is 2. The molecule has 19 heavy (non-hydrogen) atoms. The van der Waals surface area contributed by atoms with E-state index in [1.807, 2.05) is 6.07 Å². The van der Waals surface area contributed by atoms with Gasteiger partial charge in [0.25, 0.3) is 0 Å². The first kappa shape index (κ1) is 13.1. The number of benzene rings is 1. The second-order valence-electron chi connectivity index (χ2n) is 4.51. The van der Waals surface area contributed by atoms with Crippen LogP contribution >= 0.6 is 31.9 Å². The van der Waals surface area contributed by atoms with Crippen LogP contribution in [0, 0.1) is 0 Å². The molecule has 1 aliphatic rings. The Labute approximate surface area is 127 Å². The highest BCUT2D eigenvalue weighted by Gasteiger charge is 2.23. The third kappa shape index (κ3) is 1.93. The lowest BCUT2D eigenvalue weighted by Gasteiger charge is -2.16. The van der Waals surface area contributed by atoms with Crippen molar-refractivity contribution in [2.24, 2.45) is 5.84 Å². The number of aryl methyl sites for hydroxylation is 1. The lowest BCUT2D eigenvalue weighted by molar-refractivity contribution is 0.417. The lowest BCUT2D eigenvalue weighted by atomic mass is 10.1. The maximum atomic E-state index is 5.75. The van der Waals surface area contributed by atoms with E-state index < -0.39 is 0 Å². The van der Waals surface area contributed by atoms with E-state index in [1.165, 1.54) is 5.56 Å². The average Bonchev–Trinajstić information content (AvgIpc) is 2.85. The van der Waals surface area contributed by atoms with Crippen molar-refractivity contribution in [2.45, 2.75) is 19.3 Å². The van der Waals surface area contributed by atoms with Gasteiger partial charge in [-0.1, -0.05) is 0 Å². The second-order valence-corrected chi connectivity index (χ2v) is 6.22. The Bertz CT molecular complexity index is 673. The van der Waals surface area contributed by atoms with Crippen molar-refractivity contribution in [1.29, 1.82) is 0 Å². The summed E-state index contributed by atoms with van der Waals surface area (Å²) in [4.78, 5) is 4.77. The summed E-state index contributed by atoms with van der Waals surface area (Å²) in [5, 5.41) is 0.923. The Balaban J connectivity index is 2.50. The summed E-state index contributed by atoms with van der Waals surface area (Å²) in [6.07, 6.45) is 3.13. The molecule has 0 aliphatic heterocycles. The van der Waals surface area contributed by atoms with Gasteiger partial charge in [-0.05, 0) is 62.8 Å². The van der Waals surface area contributed by atoms with Gasteiger partial charge in [0.2, 0.25) is 0 Å². The Hall–Kier alpha value is -0.850. The van der Waals surface area contributed by atoms with Gasteiger partial charge in [-0.25, -0.2) is 0 Å². The van der Waals surface area contributed by atoms with Crippen LogP contribution in [0.2, 0.25) is 0 Å². The molecule has 1 heterocycles. The molecule has 0 saturated heterocycles. The molecule has 0 saturated carbocycles. The molecule has 0 unspecified atom stereocenters. The van der Waals surface area contributed by atoms with E-state index in [0.717, 1.165) is 56.2 Å². The monoisotopic (exact) mass is 385 g/mol. The summed E-state index contributed by atoms with van der Waals surface area (Å²) in [7, 11) is 1.65. The standard InChI is InChI=1S/C13H13Br2N3O/c1-19-13-8(15)5-7(14)12-10(13)11(18-16)6-3-2-4-9(6)17-12/h5H,2-4,16H2,1H3,(H,17,18). The minimum Gasteiger partial charge on any atom is -0.495 e. The maximum absolute atomic E-state index is 5.75. The van der Waals surface area contributed by atoms with Crippen LogP contribution in [-0.2, 0) is 12.8 Å². The molecule has 2 aromatic rings. The van der Waals surface area contributed by atoms with Gasteiger partial charge in [0.05, 0.1) is 28.2 Å². The highest BCUT2D eigenvalue weighted by molar-refractivity contribution is 9.11. The fourth-order valence-corrected chi connectivity index (χ4v) is 4.11. The zero-order valence-corrected chi connectivity index (χ0v) is 13.6. The second kappa shape index (κ2) is 4.92. The van der Waals surface area contributed by atoms with E-state index in [2.05, 4.69) is 37.3 Å². The van der Waals surface area contributed by atoms with Crippen LogP contribution in [0.4, 0.5) is 5.69 Å². The molecule has 100 valence electrons. The third-order valence-corrected chi connectivity index (χ3v) is 4.69. The first-order valence-electron chi connectivity index (χ1n) is 6.01. The summed E-state index contributed by atoms with van der Waals surface area (Å²) in [6.45, 7) is 0. The van der Waals surface area contributed by atoms with Crippen molar-refractivity contribution in [3.8, 4) is 5.75 Å². The molecule has 0 fully saturated rings. The van der Waals surface area contributed by atoms with Crippen LogP contribution in [0.15, 0.2) is 15.0 Å². The molecule has 3 rings (SSSR count). The summed E-state index contributed by atoms with van der Waals surface area (Å²) in [6, 6.07) is 1.95. The number of pyridine rings is 1. The van der Waals surface area contributed by atoms with Crippen LogP contribution in [-0.4, -0.2) is 12.1 Å². The minimum absolute atomic E-state index is 0.758. The SMILES string of the molecule is COc1c(Br)cc(Br)c2nc3c(c(NN)c12)CCC3. The van der Waals surface area contributed by atoms with Crippen molar-refractivity contribution in [2.75, 3.05) is 12.5 Å². The van der Waals surface area contributed by atoms with E-state index >= 15 is 0 Å². The number of rotatable bonds is 2. The van der Waals surface area contributed by atoms with E-state index in [-0.39, 0.29) is 0 Å². The van der Waals surface area contributed by atoms with Gasteiger partial charge < -0.3 is 10.2 Å². The minimum atomic E-state index is 0.758. The van der Waals surface area contributed by atoms with Crippen molar-refractivity contribution in [1.82, 2.24) is 4.98 Å².